The van der Waals surface area contributed by atoms with Crippen LogP contribution in [0.4, 0.5) is 4.39 Å². The highest BCUT2D eigenvalue weighted by Crippen LogP contribution is 2.35. The summed E-state index contributed by atoms with van der Waals surface area (Å²) in [7, 11) is 1.64. The van der Waals surface area contributed by atoms with E-state index in [4.69, 9.17) is 4.74 Å². The van der Waals surface area contributed by atoms with Crippen LogP contribution < -0.4 is 0 Å². The average molecular weight is 317 g/mol. The van der Waals surface area contributed by atoms with Crippen molar-refractivity contribution in [1.82, 2.24) is 0 Å². The van der Waals surface area contributed by atoms with Crippen LogP contribution in [0.5, 0.6) is 0 Å². The van der Waals surface area contributed by atoms with Crippen molar-refractivity contribution in [1.29, 1.82) is 0 Å². The van der Waals surface area contributed by atoms with Gasteiger partial charge in [0.05, 0.1) is 11.7 Å². The number of ether oxygens (including phenoxy) is 1. The third kappa shape index (κ3) is 2.92. The van der Waals surface area contributed by atoms with Gasteiger partial charge in [0.2, 0.25) is 0 Å². The Morgan fingerprint density at radius 1 is 1.50 bits per heavy atom. The van der Waals surface area contributed by atoms with Gasteiger partial charge in [0.1, 0.15) is 5.82 Å². The quantitative estimate of drug-likeness (QED) is 0.925. The molecule has 1 aliphatic rings. The van der Waals surface area contributed by atoms with E-state index in [0.717, 1.165) is 31.2 Å². The standard InChI is InChI=1S/C14H18BrFO2/c1-18-13-4-2-3-7-14(13,17)9-10-5-6-11(16)8-12(10)15/h5-6,8,13,17H,2-4,7,9H2,1H3. The molecule has 1 aromatic carbocycles. The Bertz CT molecular complexity index is 424. The highest BCUT2D eigenvalue weighted by molar-refractivity contribution is 9.10. The zero-order valence-electron chi connectivity index (χ0n) is 10.5. The zero-order chi connectivity index (χ0) is 13.2. The average Bonchev–Trinajstić information content (AvgIpc) is 2.33. The van der Waals surface area contributed by atoms with Crippen molar-refractivity contribution in [2.24, 2.45) is 0 Å². The summed E-state index contributed by atoms with van der Waals surface area (Å²) < 4.78 is 19.2. The number of benzene rings is 1. The minimum absolute atomic E-state index is 0.136. The van der Waals surface area contributed by atoms with Crippen LogP contribution in [0, 0.1) is 5.82 Å². The first-order valence-corrected chi connectivity index (χ1v) is 7.03. The second-order valence-electron chi connectivity index (χ2n) is 4.99. The van der Waals surface area contributed by atoms with E-state index in [1.807, 2.05) is 0 Å². The van der Waals surface area contributed by atoms with Crippen LogP contribution in [0.1, 0.15) is 31.2 Å². The van der Waals surface area contributed by atoms with E-state index < -0.39 is 5.60 Å². The smallest absolute Gasteiger partial charge is 0.124 e. The summed E-state index contributed by atoms with van der Waals surface area (Å²) in [6, 6.07) is 4.58. The molecule has 0 heterocycles. The fraction of sp³-hybridized carbons (Fsp3) is 0.571. The van der Waals surface area contributed by atoms with Crippen LogP contribution in [0.3, 0.4) is 0 Å². The third-order valence-corrected chi connectivity index (χ3v) is 4.46. The zero-order valence-corrected chi connectivity index (χ0v) is 12.0. The molecule has 1 saturated carbocycles. The molecule has 0 saturated heterocycles. The maximum atomic E-state index is 13.0. The molecule has 0 amide bonds. The summed E-state index contributed by atoms with van der Waals surface area (Å²) in [5, 5.41) is 10.7. The first-order chi connectivity index (χ1) is 8.55. The van der Waals surface area contributed by atoms with Crippen molar-refractivity contribution in [3.8, 4) is 0 Å². The Morgan fingerprint density at radius 3 is 2.94 bits per heavy atom. The Morgan fingerprint density at radius 2 is 2.28 bits per heavy atom. The molecule has 2 atom stereocenters. The van der Waals surface area contributed by atoms with Crippen LogP contribution in [0.25, 0.3) is 0 Å². The van der Waals surface area contributed by atoms with Gasteiger partial charge in [0.25, 0.3) is 0 Å². The molecule has 0 radical (unpaired) electrons. The molecule has 0 spiro atoms. The van der Waals surface area contributed by atoms with Gasteiger partial charge in [-0.1, -0.05) is 34.8 Å². The van der Waals surface area contributed by atoms with Crippen molar-refractivity contribution in [3.63, 3.8) is 0 Å². The van der Waals surface area contributed by atoms with Crippen molar-refractivity contribution in [2.75, 3.05) is 7.11 Å². The van der Waals surface area contributed by atoms with Crippen LogP contribution in [0.2, 0.25) is 0 Å². The second-order valence-corrected chi connectivity index (χ2v) is 5.84. The van der Waals surface area contributed by atoms with E-state index >= 15 is 0 Å². The van der Waals surface area contributed by atoms with Crippen LogP contribution in [-0.2, 0) is 11.2 Å². The highest BCUT2D eigenvalue weighted by atomic mass is 79.9. The third-order valence-electron chi connectivity index (χ3n) is 3.72. The molecule has 2 nitrogen and oxygen atoms in total. The number of rotatable bonds is 3. The predicted octanol–water partition coefficient (Wildman–Crippen LogP) is 3.45. The Hall–Kier alpha value is -0.450. The molecule has 1 aliphatic carbocycles. The van der Waals surface area contributed by atoms with E-state index in [2.05, 4.69) is 15.9 Å². The van der Waals surface area contributed by atoms with E-state index in [1.54, 1.807) is 13.2 Å². The molecule has 1 aromatic rings. The number of halogens is 2. The van der Waals surface area contributed by atoms with Crippen molar-refractivity contribution in [3.05, 3.63) is 34.1 Å². The lowest BCUT2D eigenvalue weighted by atomic mass is 9.78. The van der Waals surface area contributed by atoms with Gasteiger partial charge in [-0.15, -0.1) is 0 Å². The Balaban J connectivity index is 2.20. The lowest BCUT2D eigenvalue weighted by Crippen LogP contribution is -2.47. The van der Waals surface area contributed by atoms with Crippen molar-refractivity contribution < 1.29 is 14.2 Å². The van der Waals surface area contributed by atoms with Crippen LogP contribution in [-0.4, -0.2) is 23.9 Å². The van der Waals surface area contributed by atoms with Gasteiger partial charge in [-0.25, -0.2) is 4.39 Å². The molecule has 1 N–H and O–H groups in total. The summed E-state index contributed by atoms with van der Waals surface area (Å²) in [4.78, 5) is 0. The monoisotopic (exact) mass is 316 g/mol. The van der Waals surface area contributed by atoms with Gasteiger partial charge in [-0.05, 0) is 30.5 Å². The predicted molar refractivity (Wildman–Crippen MR) is 72.0 cm³/mol. The fourth-order valence-electron chi connectivity index (χ4n) is 2.72. The number of methoxy groups -OCH3 is 1. The first-order valence-electron chi connectivity index (χ1n) is 6.24. The summed E-state index contributed by atoms with van der Waals surface area (Å²) >= 11 is 3.35. The molecule has 2 unspecified atom stereocenters. The SMILES string of the molecule is COC1CCCCC1(O)Cc1ccc(F)cc1Br. The molecular weight excluding hydrogens is 299 g/mol. The minimum atomic E-state index is -0.840. The fourth-order valence-corrected chi connectivity index (χ4v) is 3.22. The van der Waals surface area contributed by atoms with E-state index in [9.17, 15) is 9.50 Å². The molecule has 4 heteroatoms. The maximum Gasteiger partial charge on any atom is 0.124 e. The van der Waals surface area contributed by atoms with Gasteiger partial charge in [0, 0.05) is 18.0 Å². The topological polar surface area (TPSA) is 29.5 Å². The maximum absolute atomic E-state index is 13.0. The number of hydrogen-bond donors (Lipinski definition) is 1. The Kier molecular flexibility index (Phi) is 4.41. The highest BCUT2D eigenvalue weighted by Gasteiger charge is 2.39. The molecule has 18 heavy (non-hydrogen) atoms. The number of hydrogen-bond acceptors (Lipinski definition) is 2. The van der Waals surface area contributed by atoms with Gasteiger partial charge in [-0.2, -0.15) is 0 Å². The largest absolute Gasteiger partial charge is 0.387 e. The van der Waals surface area contributed by atoms with Crippen LogP contribution >= 0.6 is 15.9 Å². The molecular formula is C14H18BrFO2. The van der Waals surface area contributed by atoms with E-state index in [0.29, 0.717) is 10.9 Å². The molecule has 100 valence electrons. The van der Waals surface area contributed by atoms with Gasteiger partial charge < -0.3 is 9.84 Å². The summed E-state index contributed by atoms with van der Waals surface area (Å²) in [5.41, 5.74) is 0.0794. The van der Waals surface area contributed by atoms with Gasteiger partial charge >= 0.3 is 0 Å². The van der Waals surface area contributed by atoms with Crippen molar-refractivity contribution >= 4 is 15.9 Å². The first kappa shape index (κ1) is 14.0. The summed E-state index contributed by atoms with van der Waals surface area (Å²) in [6.45, 7) is 0. The minimum Gasteiger partial charge on any atom is -0.387 e. The molecule has 0 aliphatic heterocycles. The lowest BCUT2D eigenvalue weighted by molar-refractivity contribution is -0.116. The molecule has 0 aromatic heterocycles. The van der Waals surface area contributed by atoms with E-state index in [-0.39, 0.29) is 11.9 Å². The van der Waals surface area contributed by atoms with Gasteiger partial charge in [0.15, 0.2) is 0 Å². The second kappa shape index (κ2) is 5.68. The summed E-state index contributed by atoms with van der Waals surface area (Å²) in [5.74, 6) is -0.274. The van der Waals surface area contributed by atoms with Crippen LogP contribution in [0.15, 0.2) is 22.7 Å². The molecule has 0 bridgehead atoms. The lowest BCUT2D eigenvalue weighted by Gasteiger charge is -2.39. The Labute approximate surface area is 115 Å². The van der Waals surface area contributed by atoms with Gasteiger partial charge in [-0.3, -0.25) is 0 Å². The normalized spacial score (nSPS) is 28.3. The van der Waals surface area contributed by atoms with Crippen molar-refractivity contribution in [2.45, 2.75) is 43.8 Å². The molecule has 1 fully saturated rings. The summed E-state index contributed by atoms with van der Waals surface area (Å²) in [6.07, 6.45) is 4.07. The molecule has 2 rings (SSSR count). The number of aliphatic hydroxyl groups is 1. The van der Waals surface area contributed by atoms with E-state index in [1.165, 1.54) is 12.1 Å².